The summed E-state index contributed by atoms with van der Waals surface area (Å²) in [6, 6.07) is 8.40. The summed E-state index contributed by atoms with van der Waals surface area (Å²) in [7, 11) is 0. The normalized spacial score (nSPS) is 23.3. The molecule has 0 aliphatic carbocycles. The average molecular weight is 246 g/mol. The predicted octanol–water partition coefficient (Wildman–Crippen LogP) is 2.60. The Hall–Kier alpha value is -1.51. The number of benzene rings is 1. The second-order valence-electron chi connectivity index (χ2n) is 5.21. The van der Waals surface area contributed by atoms with Crippen molar-refractivity contribution in [2.45, 2.75) is 51.6 Å². The lowest BCUT2D eigenvalue weighted by Crippen LogP contribution is -2.40. The first-order chi connectivity index (χ1) is 8.61. The van der Waals surface area contributed by atoms with Crippen LogP contribution in [0.1, 0.15) is 38.7 Å². The molecule has 1 aliphatic heterocycles. The number of hydrogen-bond acceptors (Lipinski definition) is 2. The Balaban J connectivity index is 2.05. The van der Waals surface area contributed by atoms with Crippen LogP contribution in [-0.4, -0.2) is 22.9 Å². The minimum atomic E-state index is 0.247. The molecule has 1 amide bonds. The van der Waals surface area contributed by atoms with Crippen LogP contribution in [-0.2, 0) is 11.2 Å². The highest BCUT2D eigenvalue weighted by molar-refractivity contribution is 5.79. The molecule has 0 spiro atoms. The number of nitrogen functional groups attached to an aromatic ring is 1. The summed E-state index contributed by atoms with van der Waals surface area (Å²) in [5.74, 6) is 0.247. The molecule has 3 nitrogen and oxygen atoms in total. The van der Waals surface area contributed by atoms with Gasteiger partial charge in [-0.2, -0.15) is 0 Å². The Morgan fingerprint density at radius 1 is 1.33 bits per heavy atom. The van der Waals surface area contributed by atoms with Gasteiger partial charge in [0.2, 0.25) is 5.91 Å². The second kappa shape index (κ2) is 5.42. The standard InChI is InChI=1S/C15H22N2O/c1-3-14-9-4-11(2)17(14)15(18)10-12-5-7-13(16)8-6-12/h5-8,11,14H,3-4,9-10,16H2,1-2H3. The first-order valence-electron chi connectivity index (χ1n) is 6.77. The number of carbonyl (C=O) groups is 1. The van der Waals surface area contributed by atoms with Crippen molar-refractivity contribution in [1.29, 1.82) is 0 Å². The van der Waals surface area contributed by atoms with E-state index in [9.17, 15) is 4.79 Å². The van der Waals surface area contributed by atoms with E-state index in [4.69, 9.17) is 5.73 Å². The summed E-state index contributed by atoms with van der Waals surface area (Å²) in [5, 5.41) is 0. The minimum Gasteiger partial charge on any atom is -0.399 e. The summed E-state index contributed by atoms with van der Waals surface area (Å²) in [5.41, 5.74) is 7.44. The maximum atomic E-state index is 12.4. The van der Waals surface area contributed by atoms with Crippen molar-refractivity contribution in [1.82, 2.24) is 4.90 Å². The lowest BCUT2D eigenvalue weighted by atomic mass is 10.1. The molecule has 1 aliphatic rings. The number of likely N-dealkylation sites (tertiary alicyclic amines) is 1. The summed E-state index contributed by atoms with van der Waals surface area (Å²) in [6.45, 7) is 4.31. The predicted molar refractivity (Wildman–Crippen MR) is 74.2 cm³/mol. The van der Waals surface area contributed by atoms with Crippen molar-refractivity contribution in [2.75, 3.05) is 5.73 Å². The Morgan fingerprint density at radius 3 is 2.61 bits per heavy atom. The molecular formula is C15H22N2O. The third-order valence-corrected chi connectivity index (χ3v) is 3.88. The van der Waals surface area contributed by atoms with Gasteiger partial charge in [0.25, 0.3) is 0 Å². The second-order valence-corrected chi connectivity index (χ2v) is 5.21. The topological polar surface area (TPSA) is 46.3 Å². The number of rotatable bonds is 3. The number of amides is 1. The van der Waals surface area contributed by atoms with Crippen LogP contribution in [0.15, 0.2) is 24.3 Å². The molecule has 1 aromatic rings. The van der Waals surface area contributed by atoms with Crippen molar-refractivity contribution in [3.63, 3.8) is 0 Å². The van der Waals surface area contributed by atoms with Gasteiger partial charge in [0.1, 0.15) is 0 Å². The molecule has 2 unspecified atom stereocenters. The third-order valence-electron chi connectivity index (χ3n) is 3.88. The van der Waals surface area contributed by atoms with E-state index in [1.165, 1.54) is 0 Å². The molecule has 18 heavy (non-hydrogen) atoms. The Morgan fingerprint density at radius 2 is 2.00 bits per heavy atom. The first-order valence-corrected chi connectivity index (χ1v) is 6.77. The molecule has 2 atom stereocenters. The minimum absolute atomic E-state index is 0.247. The van der Waals surface area contributed by atoms with Crippen LogP contribution in [0.5, 0.6) is 0 Å². The summed E-state index contributed by atoms with van der Waals surface area (Å²) < 4.78 is 0. The van der Waals surface area contributed by atoms with Crippen molar-refractivity contribution in [2.24, 2.45) is 0 Å². The van der Waals surface area contributed by atoms with Gasteiger partial charge >= 0.3 is 0 Å². The van der Waals surface area contributed by atoms with Gasteiger partial charge in [0.05, 0.1) is 6.42 Å². The molecule has 2 rings (SSSR count). The number of nitrogens with zero attached hydrogens (tertiary/aromatic N) is 1. The van der Waals surface area contributed by atoms with Crippen LogP contribution in [0.4, 0.5) is 5.69 Å². The van der Waals surface area contributed by atoms with Crippen molar-refractivity contribution in [3.8, 4) is 0 Å². The van der Waals surface area contributed by atoms with Gasteiger partial charge in [0, 0.05) is 17.8 Å². The van der Waals surface area contributed by atoms with E-state index < -0.39 is 0 Å². The average Bonchev–Trinajstić information content (AvgIpc) is 2.73. The van der Waals surface area contributed by atoms with Gasteiger partial charge in [-0.3, -0.25) is 4.79 Å². The van der Waals surface area contributed by atoms with Crippen LogP contribution >= 0.6 is 0 Å². The fraction of sp³-hybridized carbons (Fsp3) is 0.533. The van der Waals surface area contributed by atoms with Crippen LogP contribution in [0.3, 0.4) is 0 Å². The van der Waals surface area contributed by atoms with Gasteiger partial charge in [-0.1, -0.05) is 19.1 Å². The van der Waals surface area contributed by atoms with Gasteiger partial charge < -0.3 is 10.6 Å². The van der Waals surface area contributed by atoms with Crippen molar-refractivity contribution in [3.05, 3.63) is 29.8 Å². The molecule has 0 bridgehead atoms. The van der Waals surface area contributed by atoms with Crippen LogP contribution < -0.4 is 5.73 Å². The zero-order valence-corrected chi connectivity index (χ0v) is 11.2. The molecule has 0 radical (unpaired) electrons. The van der Waals surface area contributed by atoms with E-state index in [1.54, 1.807) is 0 Å². The largest absolute Gasteiger partial charge is 0.399 e. The fourth-order valence-corrected chi connectivity index (χ4v) is 2.82. The van der Waals surface area contributed by atoms with E-state index in [0.717, 1.165) is 30.5 Å². The van der Waals surface area contributed by atoms with E-state index >= 15 is 0 Å². The lowest BCUT2D eigenvalue weighted by Gasteiger charge is -2.28. The zero-order chi connectivity index (χ0) is 13.1. The van der Waals surface area contributed by atoms with Crippen molar-refractivity contribution < 1.29 is 4.79 Å². The van der Waals surface area contributed by atoms with Gasteiger partial charge in [-0.15, -0.1) is 0 Å². The molecule has 1 aromatic carbocycles. The molecule has 0 saturated carbocycles. The van der Waals surface area contributed by atoms with E-state index in [-0.39, 0.29) is 5.91 Å². The molecule has 1 fully saturated rings. The molecule has 0 aromatic heterocycles. The van der Waals surface area contributed by atoms with Gasteiger partial charge in [-0.05, 0) is 43.9 Å². The third kappa shape index (κ3) is 2.66. The molecule has 98 valence electrons. The molecule has 2 N–H and O–H groups in total. The Kier molecular flexibility index (Phi) is 3.90. The molecule has 3 heteroatoms. The van der Waals surface area contributed by atoms with Gasteiger partial charge in [0.15, 0.2) is 0 Å². The quantitative estimate of drug-likeness (QED) is 0.833. The van der Waals surface area contributed by atoms with E-state index in [1.807, 2.05) is 24.3 Å². The number of carbonyl (C=O) groups excluding carboxylic acids is 1. The Bertz CT molecular complexity index is 413. The van der Waals surface area contributed by atoms with E-state index in [0.29, 0.717) is 18.5 Å². The SMILES string of the molecule is CCC1CCC(C)N1C(=O)Cc1ccc(N)cc1. The first kappa shape index (κ1) is 12.9. The van der Waals surface area contributed by atoms with Crippen LogP contribution in [0, 0.1) is 0 Å². The number of nitrogens with two attached hydrogens (primary N) is 1. The molecular weight excluding hydrogens is 224 g/mol. The molecule has 1 heterocycles. The molecule has 1 saturated heterocycles. The maximum absolute atomic E-state index is 12.4. The Labute approximate surface area is 109 Å². The van der Waals surface area contributed by atoms with Gasteiger partial charge in [-0.25, -0.2) is 0 Å². The van der Waals surface area contributed by atoms with E-state index in [2.05, 4.69) is 18.7 Å². The maximum Gasteiger partial charge on any atom is 0.227 e. The summed E-state index contributed by atoms with van der Waals surface area (Å²) in [4.78, 5) is 14.5. The smallest absolute Gasteiger partial charge is 0.227 e. The lowest BCUT2D eigenvalue weighted by molar-refractivity contribution is -0.133. The highest BCUT2D eigenvalue weighted by atomic mass is 16.2. The van der Waals surface area contributed by atoms with Crippen molar-refractivity contribution >= 4 is 11.6 Å². The fourth-order valence-electron chi connectivity index (χ4n) is 2.82. The monoisotopic (exact) mass is 246 g/mol. The van der Waals surface area contributed by atoms with Crippen LogP contribution in [0.25, 0.3) is 0 Å². The number of anilines is 1. The summed E-state index contributed by atoms with van der Waals surface area (Å²) >= 11 is 0. The highest BCUT2D eigenvalue weighted by Crippen LogP contribution is 2.26. The van der Waals surface area contributed by atoms with Crippen LogP contribution in [0.2, 0.25) is 0 Å². The zero-order valence-electron chi connectivity index (χ0n) is 11.2. The summed E-state index contributed by atoms with van der Waals surface area (Å²) in [6.07, 6.45) is 3.82. The number of hydrogen-bond donors (Lipinski definition) is 1. The highest BCUT2D eigenvalue weighted by Gasteiger charge is 2.32.